The summed E-state index contributed by atoms with van der Waals surface area (Å²) in [6.07, 6.45) is 12.3. The maximum absolute atomic E-state index is 13.1. The van der Waals surface area contributed by atoms with Crippen LogP contribution in [0.2, 0.25) is 0 Å². The second-order valence-electron chi connectivity index (χ2n) is 9.64. The molecule has 0 radical (unpaired) electrons. The summed E-state index contributed by atoms with van der Waals surface area (Å²) in [5.41, 5.74) is 3.11. The van der Waals surface area contributed by atoms with Gasteiger partial charge in [-0.3, -0.25) is 14.7 Å². The standard InChI is InChI=1S/C24H31N5O3S/c1-33(31,32)28-18-3-2-12-29(14-18)15-22(30)17-6-4-16(5-7-17)19-8-10-25-21-13-27-24-20(23(19)21)9-11-26-24/h8-11,13,16-18,28H,2-7,12,14-15H2,1H3,(H,26,27). The summed E-state index contributed by atoms with van der Waals surface area (Å²) in [5.74, 6) is 0.801. The molecule has 0 bridgehead atoms. The van der Waals surface area contributed by atoms with Crippen molar-refractivity contribution in [3.8, 4) is 0 Å². The summed E-state index contributed by atoms with van der Waals surface area (Å²) in [5, 5.41) is 2.28. The summed E-state index contributed by atoms with van der Waals surface area (Å²) >= 11 is 0. The molecule has 176 valence electrons. The Kier molecular flexibility index (Phi) is 6.20. The van der Waals surface area contributed by atoms with Gasteiger partial charge in [-0.25, -0.2) is 18.1 Å². The molecule has 1 saturated carbocycles. The third-order valence-corrected chi connectivity index (χ3v) is 7.97. The van der Waals surface area contributed by atoms with E-state index in [4.69, 9.17) is 0 Å². The summed E-state index contributed by atoms with van der Waals surface area (Å²) in [7, 11) is -3.23. The van der Waals surface area contributed by atoms with Crippen molar-refractivity contribution in [3.63, 3.8) is 0 Å². The minimum atomic E-state index is -3.23. The molecule has 2 aliphatic rings. The quantitative estimate of drug-likeness (QED) is 0.575. The number of carbonyl (C=O) groups excluding carboxylic acids is 1. The lowest BCUT2D eigenvalue weighted by Crippen LogP contribution is -2.49. The second kappa shape index (κ2) is 9.12. The molecule has 0 spiro atoms. The van der Waals surface area contributed by atoms with Crippen LogP contribution in [0, 0.1) is 5.92 Å². The van der Waals surface area contributed by atoms with Crippen LogP contribution in [0.25, 0.3) is 21.9 Å². The van der Waals surface area contributed by atoms with Gasteiger partial charge in [-0.2, -0.15) is 0 Å². The molecule has 2 fully saturated rings. The van der Waals surface area contributed by atoms with Gasteiger partial charge >= 0.3 is 0 Å². The molecular formula is C24H31N5O3S. The molecule has 33 heavy (non-hydrogen) atoms. The number of likely N-dealkylation sites (tertiary alicyclic amines) is 1. The van der Waals surface area contributed by atoms with Gasteiger partial charge in [0.15, 0.2) is 0 Å². The lowest BCUT2D eigenvalue weighted by atomic mass is 9.76. The van der Waals surface area contributed by atoms with E-state index in [2.05, 4.69) is 36.7 Å². The first kappa shape index (κ1) is 22.4. The average molecular weight is 470 g/mol. The number of sulfonamides is 1. The van der Waals surface area contributed by atoms with E-state index in [1.165, 1.54) is 17.2 Å². The number of fused-ring (bicyclic) bond motifs is 3. The monoisotopic (exact) mass is 469 g/mol. The number of hydrogen-bond donors (Lipinski definition) is 2. The SMILES string of the molecule is CS(=O)(=O)NC1CCCN(CC(=O)C2CCC(c3ccnc4cnc5[nH]ccc5c34)CC2)C1. The van der Waals surface area contributed by atoms with Crippen molar-refractivity contribution in [1.82, 2.24) is 24.6 Å². The number of pyridine rings is 2. The van der Waals surface area contributed by atoms with E-state index < -0.39 is 10.0 Å². The number of hydrogen-bond acceptors (Lipinski definition) is 6. The molecule has 1 unspecified atom stereocenters. The summed E-state index contributed by atoms with van der Waals surface area (Å²) in [6, 6.07) is 4.09. The zero-order valence-electron chi connectivity index (χ0n) is 19.0. The number of ketones is 1. The number of aromatic nitrogens is 3. The first-order chi connectivity index (χ1) is 15.9. The second-order valence-corrected chi connectivity index (χ2v) is 11.4. The van der Waals surface area contributed by atoms with Gasteiger partial charge in [-0.15, -0.1) is 0 Å². The first-order valence-corrected chi connectivity index (χ1v) is 13.7. The van der Waals surface area contributed by atoms with E-state index in [1.807, 2.05) is 18.6 Å². The predicted octanol–water partition coefficient (Wildman–Crippen LogP) is 2.97. The van der Waals surface area contributed by atoms with Crippen LogP contribution in [0.1, 0.15) is 50.0 Å². The molecule has 3 aromatic rings. The topological polar surface area (TPSA) is 108 Å². The van der Waals surface area contributed by atoms with E-state index >= 15 is 0 Å². The normalized spacial score (nSPS) is 24.9. The molecule has 1 atom stereocenters. The van der Waals surface area contributed by atoms with Crippen molar-refractivity contribution in [2.24, 2.45) is 5.92 Å². The molecule has 0 amide bonds. The fourth-order valence-electron chi connectivity index (χ4n) is 5.69. The van der Waals surface area contributed by atoms with Crippen LogP contribution < -0.4 is 4.72 Å². The Morgan fingerprint density at radius 1 is 1.18 bits per heavy atom. The fourth-order valence-corrected chi connectivity index (χ4v) is 6.49. The summed E-state index contributed by atoms with van der Waals surface area (Å²) < 4.78 is 25.8. The number of aromatic amines is 1. The van der Waals surface area contributed by atoms with Crippen LogP contribution in [-0.2, 0) is 14.8 Å². The van der Waals surface area contributed by atoms with Crippen LogP contribution in [-0.4, -0.2) is 66.0 Å². The highest BCUT2D eigenvalue weighted by atomic mass is 32.2. The highest BCUT2D eigenvalue weighted by Crippen LogP contribution is 2.40. The highest BCUT2D eigenvalue weighted by Gasteiger charge is 2.30. The smallest absolute Gasteiger partial charge is 0.208 e. The van der Waals surface area contributed by atoms with Gasteiger partial charge in [0, 0.05) is 41.7 Å². The van der Waals surface area contributed by atoms with Gasteiger partial charge in [-0.05, 0) is 68.7 Å². The van der Waals surface area contributed by atoms with E-state index in [0.29, 0.717) is 24.8 Å². The Hall–Kier alpha value is -2.36. The third kappa shape index (κ3) is 4.95. The maximum Gasteiger partial charge on any atom is 0.208 e. The molecule has 3 aromatic heterocycles. The van der Waals surface area contributed by atoms with Gasteiger partial charge in [0.2, 0.25) is 10.0 Å². The molecule has 1 aliphatic carbocycles. The minimum absolute atomic E-state index is 0.0894. The van der Waals surface area contributed by atoms with Crippen molar-refractivity contribution in [2.75, 3.05) is 25.9 Å². The Balaban J connectivity index is 1.23. The van der Waals surface area contributed by atoms with Crippen molar-refractivity contribution in [1.29, 1.82) is 0 Å². The van der Waals surface area contributed by atoms with Gasteiger partial charge in [0.05, 0.1) is 24.5 Å². The zero-order valence-corrected chi connectivity index (χ0v) is 19.8. The van der Waals surface area contributed by atoms with Crippen LogP contribution in [0.5, 0.6) is 0 Å². The third-order valence-electron chi connectivity index (χ3n) is 7.21. The van der Waals surface area contributed by atoms with Crippen LogP contribution in [0.4, 0.5) is 0 Å². The largest absolute Gasteiger partial charge is 0.346 e. The molecule has 2 N–H and O–H groups in total. The highest BCUT2D eigenvalue weighted by molar-refractivity contribution is 7.88. The van der Waals surface area contributed by atoms with Gasteiger partial charge in [-0.1, -0.05) is 0 Å². The number of Topliss-reactive ketones (excluding diaryl/α,β-unsaturated/α-hetero) is 1. The Labute approximate surface area is 194 Å². The maximum atomic E-state index is 13.1. The van der Waals surface area contributed by atoms with Gasteiger partial charge in [0.1, 0.15) is 11.4 Å². The Morgan fingerprint density at radius 2 is 2.00 bits per heavy atom. The summed E-state index contributed by atoms with van der Waals surface area (Å²) in [6.45, 7) is 1.88. The van der Waals surface area contributed by atoms with Crippen molar-refractivity contribution in [2.45, 2.75) is 50.5 Å². The van der Waals surface area contributed by atoms with Crippen LogP contribution >= 0.6 is 0 Å². The minimum Gasteiger partial charge on any atom is -0.346 e. The number of nitrogens with zero attached hydrogens (tertiary/aromatic N) is 3. The molecule has 5 rings (SSSR count). The lowest BCUT2D eigenvalue weighted by Gasteiger charge is -2.34. The predicted molar refractivity (Wildman–Crippen MR) is 129 cm³/mol. The summed E-state index contributed by atoms with van der Waals surface area (Å²) in [4.78, 5) is 27.4. The van der Waals surface area contributed by atoms with Crippen LogP contribution in [0.3, 0.4) is 0 Å². The number of H-pyrrole nitrogens is 1. The van der Waals surface area contributed by atoms with Gasteiger partial charge in [0.25, 0.3) is 0 Å². The number of piperidine rings is 1. The van der Waals surface area contributed by atoms with Crippen LogP contribution in [0.15, 0.2) is 30.7 Å². The molecule has 0 aromatic carbocycles. The lowest BCUT2D eigenvalue weighted by molar-refractivity contribution is -0.125. The average Bonchev–Trinajstić information content (AvgIpc) is 3.27. The number of nitrogens with one attached hydrogen (secondary N) is 2. The van der Waals surface area contributed by atoms with E-state index in [-0.39, 0.29) is 12.0 Å². The van der Waals surface area contributed by atoms with Crippen molar-refractivity contribution >= 4 is 37.7 Å². The number of rotatable bonds is 6. The van der Waals surface area contributed by atoms with Crippen molar-refractivity contribution in [3.05, 3.63) is 36.3 Å². The fraction of sp³-hybridized carbons (Fsp3) is 0.542. The zero-order chi connectivity index (χ0) is 23.0. The molecule has 1 aliphatic heterocycles. The Morgan fingerprint density at radius 3 is 2.79 bits per heavy atom. The first-order valence-electron chi connectivity index (χ1n) is 11.8. The van der Waals surface area contributed by atoms with E-state index in [0.717, 1.165) is 61.6 Å². The van der Waals surface area contributed by atoms with Crippen molar-refractivity contribution < 1.29 is 13.2 Å². The molecule has 1 saturated heterocycles. The molecular weight excluding hydrogens is 438 g/mol. The van der Waals surface area contributed by atoms with E-state index in [9.17, 15) is 13.2 Å². The van der Waals surface area contributed by atoms with E-state index in [1.54, 1.807) is 0 Å². The molecule has 9 heteroatoms. The van der Waals surface area contributed by atoms with Gasteiger partial charge < -0.3 is 4.98 Å². The molecule has 4 heterocycles. The Bertz CT molecular complexity index is 1260. The number of carbonyl (C=O) groups is 1. The molecule has 8 nitrogen and oxygen atoms in total.